The van der Waals surface area contributed by atoms with Crippen molar-refractivity contribution >= 4 is 12.4 Å². The molecule has 0 saturated heterocycles. The summed E-state index contributed by atoms with van der Waals surface area (Å²) >= 11 is 0. The van der Waals surface area contributed by atoms with Gasteiger partial charge in [0.15, 0.2) is 5.82 Å². The molecule has 1 aliphatic rings. The van der Waals surface area contributed by atoms with Crippen molar-refractivity contribution in [1.82, 2.24) is 10.1 Å². The molecule has 0 bridgehead atoms. The van der Waals surface area contributed by atoms with Crippen LogP contribution in [0, 0.1) is 0 Å². The van der Waals surface area contributed by atoms with Gasteiger partial charge in [0.1, 0.15) is 0 Å². The molecule has 1 heterocycles. The summed E-state index contributed by atoms with van der Waals surface area (Å²) in [6, 6.07) is 9.96. The molecule has 2 aromatic rings. The van der Waals surface area contributed by atoms with Gasteiger partial charge in [-0.15, -0.1) is 12.4 Å². The number of aromatic nitrogens is 2. The van der Waals surface area contributed by atoms with E-state index >= 15 is 0 Å². The monoisotopic (exact) mass is 307 g/mol. The zero-order valence-electron chi connectivity index (χ0n) is 12.1. The molecule has 1 saturated carbocycles. The molecule has 0 spiro atoms. The highest BCUT2D eigenvalue weighted by atomic mass is 35.5. The van der Waals surface area contributed by atoms with Crippen molar-refractivity contribution < 1.29 is 4.52 Å². The number of nitrogens with zero attached hydrogens (tertiary/aromatic N) is 2. The summed E-state index contributed by atoms with van der Waals surface area (Å²) in [5.74, 6) is 2.01. The highest BCUT2D eigenvalue weighted by molar-refractivity contribution is 5.85. The topological polar surface area (TPSA) is 64.9 Å². The van der Waals surface area contributed by atoms with Crippen molar-refractivity contribution in [3.05, 3.63) is 47.6 Å². The Labute approximate surface area is 131 Å². The zero-order chi connectivity index (χ0) is 13.8. The first kappa shape index (κ1) is 16.0. The largest absolute Gasteiger partial charge is 0.339 e. The van der Waals surface area contributed by atoms with Crippen LogP contribution in [-0.2, 0) is 6.42 Å². The summed E-state index contributed by atoms with van der Waals surface area (Å²) in [6.45, 7) is 0. The van der Waals surface area contributed by atoms with Crippen LogP contribution in [0.1, 0.15) is 61.3 Å². The van der Waals surface area contributed by atoms with Gasteiger partial charge in [-0.25, -0.2) is 0 Å². The third-order valence-corrected chi connectivity index (χ3v) is 4.08. The SMILES string of the molecule is Cl.NC(Cc1nc(C2CCCCC2)no1)c1ccccc1. The molecule has 1 atom stereocenters. The second kappa shape index (κ2) is 7.57. The molecule has 114 valence electrons. The summed E-state index contributed by atoms with van der Waals surface area (Å²) in [4.78, 5) is 4.54. The molecule has 1 aromatic carbocycles. The van der Waals surface area contributed by atoms with Crippen molar-refractivity contribution in [3.63, 3.8) is 0 Å². The highest BCUT2D eigenvalue weighted by Gasteiger charge is 2.21. The van der Waals surface area contributed by atoms with Gasteiger partial charge >= 0.3 is 0 Å². The lowest BCUT2D eigenvalue weighted by molar-refractivity contribution is 0.352. The number of halogens is 1. The number of nitrogens with two attached hydrogens (primary N) is 1. The van der Waals surface area contributed by atoms with Crippen molar-refractivity contribution in [2.75, 3.05) is 0 Å². The van der Waals surface area contributed by atoms with Gasteiger partial charge in [-0.1, -0.05) is 54.8 Å². The van der Waals surface area contributed by atoms with Crippen molar-refractivity contribution in [1.29, 1.82) is 0 Å². The fourth-order valence-corrected chi connectivity index (χ4v) is 2.88. The highest BCUT2D eigenvalue weighted by Crippen LogP contribution is 2.31. The lowest BCUT2D eigenvalue weighted by Crippen LogP contribution is -2.13. The van der Waals surface area contributed by atoms with Gasteiger partial charge in [0.2, 0.25) is 5.89 Å². The van der Waals surface area contributed by atoms with E-state index in [4.69, 9.17) is 10.3 Å². The average molecular weight is 308 g/mol. The number of hydrogen-bond acceptors (Lipinski definition) is 4. The van der Waals surface area contributed by atoms with Crippen LogP contribution in [0.2, 0.25) is 0 Å². The molecule has 1 aliphatic carbocycles. The Kier molecular flexibility index (Phi) is 5.76. The average Bonchev–Trinajstić information content (AvgIpc) is 2.97. The molecule has 5 heteroatoms. The van der Waals surface area contributed by atoms with E-state index < -0.39 is 0 Å². The van der Waals surface area contributed by atoms with Gasteiger partial charge in [0, 0.05) is 18.4 Å². The molecular weight excluding hydrogens is 286 g/mol. The van der Waals surface area contributed by atoms with Crippen LogP contribution < -0.4 is 5.73 Å². The van der Waals surface area contributed by atoms with Gasteiger partial charge in [0.25, 0.3) is 0 Å². The summed E-state index contributed by atoms with van der Waals surface area (Å²) in [6.07, 6.45) is 6.85. The number of hydrogen-bond donors (Lipinski definition) is 1. The van der Waals surface area contributed by atoms with Crippen LogP contribution in [0.15, 0.2) is 34.9 Å². The van der Waals surface area contributed by atoms with Crippen LogP contribution in [0.25, 0.3) is 0 Å². The maximum atomic E-state index is 6.19. The molecule has 0 radical (unpaired) electrons. The van der Waals surface area contributed by atoms with E-state index in [-0.39, 0.29) is 18.4 Å². The van der Waals surface area contributed by atoms with Crippen LogP contribution in [0.3, 0.4) is 0 Å². The second-order valence-electron chi connectivity index (χ2n) is 5.60. The normalized spacial score (nSPS) is 17.2. The van der Waals surface area contributed by atoms with E-state index in [0.29, 0.717) is 18.2 Å². The molecular formula is C16H22ClN3O. The fourth-order valence-electron chi connectivity index (χ4n) is 2.88. The van der Waals surface area contributed by atoms with E-state index in [1.165, 1.54) is 32.1 Å². The molecule has 21 heavy (non-hydrogen) atoms. The molecule has 3 rings (SSSR count). The van der Waals surface area contributed by atoms with Gasteiger partial charge in [-0.3, -0.25) is 0 Å². The number of rotatable bonds is 4. The molecule has 2 N–H and O–H groups in total. The first-order valence-corrected chi connectivity index (χ1v) is 7.46. The Morgan fingerprint density at radius 2 is 1.86 bits per heavy atom. The molecule has 1 unspecified atom stereocenters. The molecule has 1 aromatic heterocycles. The molecule has 0 aliphatic heterocycles. The molecule has 4 nitrogen and oxygen atoms in total. The van der Waals surface area contributed by atoms with Crippen molar-refractivity contribution in [2.45, 2.75) is 50.5 Å². The van der Waals surface area contributed by atoms with Crippen LogP contribution >= 0.6 is 12.4 Å². The predicted molar refractivity (Wildman–Crippen MR) is 84.4 cm³/mol. The maximum absolute atomic E-state index is 6.19. The van der Waals surface area contributed by atoms with E-state index in [1.807, 2.05) is 30.3 Å². The third-order valence-electron chi connectivity index (χ3n) is 4.08. The van der Waals surface area contributed by atoms with Crippen LogP contribution in [-0.4, -0.2) is 10.1 Å². The quantitative estimate of drug-likeness (QED) is 0.933. The van der Waals surface area contributed by atoms with Gasteiger partial charge in [-0.2, -0.15) is 4.98 Å². The Bertz CT molecular complexity index is 537. The summed E-state index contributed by atoms with van der Waals surface area (Å²) in [5.41, 5.74) is 7.29. The molecule has 1 fully saturated rings. The van der Waals surface area contributed by atoms with Gasteiger partial charge in [0.05, 0.1) is 0 Å². The minimum absolute atomic E-state index is 0. The van der Waals surface area contributed by atoms with E-state index in [1.54, 1.807) is 0 Å². The second-order valence-corrected chi connectivity index (χ2v) is 5.60. The maximum Gasteiger partial charge on any atom is 0.228 e. The van der Waals surface area contributed by atoms with Gasteiger partial charge in [-0.05, 0) is 18.4 Å². The Hall–Kier alpha value is -1.39. The Morgan fingerprint density at radius 1 is 1.14 bits per heavy atom. The summed E-state index contributed by atoms with van der Waals surface area (Å²) < 4.78 is 5.37. The molecule has 0 amide bonds. The van der Waals surface area contributed by atoms with Crippen LogP contribution in [0.4, 0.5) is 0 Å². The Morgan fingerprint density at radius 3 is 2.57 bits per heavy atom. The van der Waals surface area contributed by atoms with E-state index in [9.17, 15) is 0 Å². The van der Waals surface area contributed by atoms with Gasteiger partial charge < -0.3 is 10.3 Å². The van der Waals surface area contributed by atoms with E-state index in [0.717, 1.165) is 11.4 Å². The smallest absolute Gasteiger partial charge is 0.228 e. The zero-order valence-corrected chi connectivity index (χ0v) is 12.9. The minimum atomic E-state index is -0.0872. The first-order valence-electron chi connectivity index (χ1n) is 7.46. The Balaban J connectivity index is 0.00000161. The minimum Gasteiger partial charge on any atom is -0.339 e. The predicted octanol–water partition coefficient (Wildman–Crippen LogP) is 3.78. The summed E-state index contributed by atoms with van der Waals surface area (Å²) in [5, 5.41) is 4.14. The standard InChI is InChI=1S/C16H21N3O.ClH/c17-14(12-7-3-1-4-8-12)11-15-18-16(19-20-15)13-9-5-2-6-10-13;/h1,3-4,7-8,13-14H,2,5-6,9-11,17H2;1H. The third kappa shape index (κ3) is 4.05. The first-order chi connectivity index (χ1) is 9.83. The van der Waals surface area contributed by atoms with Crippen molar-refractivity contribution in [2.24, 2.45) is 5.73 Å². The van der Waals surface area contributed by atoms with E-state index in [2.05, 4.69) is 10.1 Å². The lowest BCUT2D eigenvalue weighted by atomic mass is 9.89. The summed E-state index contributed by atoms with van der Waals surface area (Å²) in [7, 11) is 0. The lowest BCUT2D eigenvalue weighted by Gasteiger charge is -2.17. The van der Waals surface area contributed by atoms with Crippen molar-refractivity contribution in [3.8, 4) is 0 Å². The van der Waals surface area contributed by atoms with Crippen LogP contribution in [0.5, 0.6) is 0 Å². The number of benzene rings is 1. The fraction of sp³-hybridized carbons (Fsp3) is 0.500.